The minimum Gasteiger partial charge on any atom is -0.471 e. The predicted molar refractivity (Wildman–Crippen MR) is 97.9 cm³/mol. The van der Waals surface area contributed by atoms with Crippen LogP contribution in [0.15, 0.2) is 18.3 Å². The Morgan fingerprint density at radius 1 is 1.19 bits per heavy atom. The number of amides is 2. The number of rotatable bonds is 2. The molecule has 1 aliphatic carbocycles. The quantitative estimate of drug-likeness (QED) is 0.816. The molecule has 6 heteroatoms. The number of hydrogen-bond donors (Lipinski definition) is 0. The average Bonchev–Trinajstić information content (AvgIpc) is 3.03. The first-order valence-corrected chi connectivity index (χ1v) is 9.75. The summed E-state index contributed by atoms with van der Waals surface area (Å²) in [6.07, 6.45) is 6.37. The summed E-state index contributed by atoms with van der Waals surface area (Å²) >= 11 is 0. The van der Waals surface area contributed by atoms with E-state index in [1.807, 2.05) is 24.0 Å². The molecule has 4 rings (SSSR count). The maximum absolute atomic E-state index is 13.2. The number of fused-ring (bicyclic) bond motifs is 1. The van der Waals surface area contributed by atoms with Crippen LogP contribution < -0.4 is 9.64 Å². The fraction of sp³-hybridized carbons (Fsp3) is 0.650. The third-order valence-electron chi connectivity index (χ3n) is 5.99. The van der Waals surface area contributed by atoms with E-state index in [1.54, 1.807) is 11.1 Å². The highest BCUT2D eigenvalue weighted by Crippen LogP contribution is 2.35. The van der Waals surface area contributed by atoms with Gasteiger partial charge in [-0.25, -0.2) is 4.98 Å². The van der Waals surface area contributed by atoms with Crippen molar-refractivity contribution in [1.82, 2.24) is 9.88 Å². The van der Waals surface area contributed by atoms with Crippen molar-refractivity contribution in [2.75, 3.05) is 18.0 Å². The molecule has 1 saturated heterocycles. The van der Waals surface area contributed by atoms with Gasteiger partial charge in [-0.2, -0.15) is 0 Å². The molecule has 0 radical (unpaired) electrons. The first-order valence-electron chi connectivity index (χ1n) is 9.75. The number of nitrogens with zero attached hydrogens (tertiary/aromatic N) is 3. The van der Waals surface area contributed by atoms with Crippen LogP contribution in [0.4, 0.5) is 5.69 Å². The van der Waals surface area contributed by atoms with Crippen molar-refractivity contribution in [3.63, 3.8) is 0 Å². The molecule has 3 aliphatic rings. The Balaban J connectivity index is 1.48. The molecule has 0 aromatic carbocycles. The third kappa shape index (κ3) is 3.17. The summed E-state index contributed by atoms with van der Waals surface area (Å²) in [7, 11) is 0. The minimum absolute atomic E-state index is 0.0226. The maximum atomic E-state index is 13.2. The molecular formula is C20H27N3O3. The molecule has 26 heavy (non-hydrogen) atoms. The summed E-state index contributed by atoms with van der Waals surface area (Å²) < 4.78 is 5.74. The zero-order chi connectivity index (χ0) is 18.3. The normalized spacial score (nSPS) is 31.5. The summed E-state index contributed by atoms with van der Waals surface area (Å²) in [5.74, 6) is 1.15. The molecule has 1 aromatic rings. The number of anilines is 1. The average molecular weight is 357 g/mol. The van der Waals surface area contributed by atoms with E-state index in [2.05, 4.69) is 11.9 Å². The van der Waals surface area contributed by atoms with Crippen LogP contribution in [0.5, 0.6) is 5.88 Å². The fourth-order valence-corrected chi connectivity index (χ4v) is 4.50. The van der Waals surface area contributed by atoms with Gasteiger partial charge in [0.2, 0.25) is 17.7 Å². The van der Waals surface area contributed by atoms with E-state index >= 15 is 0 Å². The molecule has 1 saturated carbocycles. The molecule has 2 fully saturated rings. The third-order valence-corrected chi connectivity index (χ3v) is 5.99. The molecule has 2 atom stereocenters. The summed E-state index contributed by atoms with van der Waals surface area (Å²) in [5.41, 5.74) is 0.716. The molecule has 0 N–H and O–H groups in total. The van der Waals surface area contributed by atoms with E-state index in [4.69, 9.17) is 4.74 Å². The number of carbonyl (C=O) groups excluding carboxylic acids is 2. The van der Waals surface area contributed by atoms with Crippen molar-refractivity contribution in [3.8, 4) is 5.88 Å². The van der Waals surface area contributed by atoms with Crippen LogP contribution in [0, 0.1) is 11.8 Å². The van der Waals surface area contributed by atoms with Gasteiger partial charge in [-0.3, -0.25) is 9.59 Å². The molecule has 2 aliphatic heterocycles. The van der Waals surface area contributed by atoms with Gasteiger partial charge in [0.15, 0.2) is 0 Å². The van der Waals surface area contributed by atoms with Crippen molar-refractivity contribution in [1.29, 1.82) is 0 Å². The Kier molecular flexibility index (Phi) is 4.59. The zero-order valence-corrected chi connectivity index (χ0v) is 15.6. The highest BCUT2D eigenvalue weighted by Gasteiger charge is 2.42. The maximum Gasteiger partial charge on any atom is 0.238 e. The molecule has 0 bridgehead atoms. The van der Waals surface area contributed by atoms with Crippen LogP contribution in [0.3, 0.4) is 0 Å². The van der Waals surface area contributed by atoms with E-state index in [0.717, 1.165) is 18.8 Å². The lowest BCUT2D eigenvalue weighted by molar-refractivity contribution is -0.130. The van der Waals surface area contributed by atoms with Gasteiger partial charge in [-0.1, -0.05) is 6.92 Å². The van der Waals surface area contributed by atoms with Gasteiger partial charge in [-0.15, -0.1) is 0 Å². The molecule has 2 amide bonds. The van der Waals surface area contributed by atoms with E-state index in [-0.39, 0.29) is 23.8 Å². The lowest BCUT2D eigenvalue weighted by Gasteiger charge is -2.35. The lowest BCUT2D eigenvalue weighted by Crippen LogP contribution is -2.46. The topological polar surface area (TPSA) is 62.7 Å². The first-order chi connectivity index (χ1) is 12.5. The van der Waals surface area contributed by atoms with Crippen molar-refractivity contribution < 1.29 is 14.3 Å². The van der Waals surface area contributed by atoms with E-state index in [1.165, 1.54) is 12.8 Å². The number of hydrogen-bond acceptors (Lipinski definition) is 4. The van der Waals surface area contributed by atoms with Crippen LogP contribution >= 0.6 is 0 Å². The molecule has 2 unspecified atom stereocenters. The second-order valence-electron chi connectivity index (χ2n) is 8.07. The van der Waals surface area contributed by atoms with Crippen LogP contribution in [0.25, 0.3) is 0 Å². The summed E-state index contributed by atoms with van der Waals surface area (Å²) in [5, 5.41) is 0. The Morgan fingerprint density at radius 2 is 1.96 bits per heavy atom. The largest absolute Gasteiger partial charge is 0.471 e. The van der Waals surface area contributed by atoms with Crippen LogP contribution in [0.1, 0.15) is 46.0 Å². The van der Waals surface area contributed by atoms with Crippen molar-refractivity contribution in [2.24, 2.45) is 11.8 Å². The van der Waals surface area contributed by atoms with Gasteiger partial charge in [0.25, 0.3) is 0 Å². The predicted octanol–water partition coefficient (Wildman–Crippen LogP) is 2.62. The molecule has 6 nitrogen and oxygen atoms in total. The lowest BCUT2D eigenvalue weighted by atomic mass is 9.86. The van der Waals surface area contributed by atoms with Crippen molar-refractivity contribution in [2.45, 2.75) is 58.1 Å². The number of carbonyl (C=O) groups is 2. The monoisotopic (exact) mass is 357 g/mol. The molecular weight excluding hydrogens is 330 g/mol. The Hall–Kier alpha value is -2.11. The summed E-state index contributed by atoms with van der Waals surface area (Å²) in [6.45, 7) is 5.27. The van der Waals surface area contributed by atoms with E-state index < -0.39 is 0 Å². The molecule has 1 aromatic heterocycles. The second-order valence-corrected chi connectivity index (χ2v) is 8.07. The minimum atomic E-state index is -0.264. The molecule has 3 heterocycles. The number of ether oxygens (including phenoxy) is 1. The van der Waals surface area contributed by atoms with Gasteiger partial charge >= 0.3 is 0 Å². The van der Waals surface area contributed by atoms with Gasteiger partial charge < -0.3 is 14.5 Å². The van der Waals surface area contributed by atoms with Crippen LogP contribution in [0.2, 0.25) is 0 Å². The zero-order valence-electron chi connectivity index (χ0n) is 15.6. The highest BCUT2D eigenvalue weighted by atomic mass is 16.5. The number of aromatic nitrogens is 1. The molecule has 140 valence electrons. The van der Waals surface area contributed by atoms with Gasteiger partial charge in [-0.05, 0) is 50.7 Å². The van der Waals surface area contributed by atoms with E-state index in [9.17, 15) is 9.59 Å². The first kappa shape index (κ1) is 17.3. The SMILES string of the molecule is CC1CCC(N2CC(C(=O)N3CC(C)Oc4ncccc43)CC2=O)CC1. The fourth-order valence-electron chi connectivity index (χ4n) is 4.50. The Bertz CT molecular complexity index is 699. The van der Waals surface area contributed by atoms with Crippen LogP contribution in [-0.2, 0) is 9.59 Å². The highest BCUT2D eigenvalue weighted by molar-refractivity contribution is 6.00. The van der Waals surface area contributed by atoms with Crippen LogP contribution in [-0.4, -0.2) is 46.9 Å². The standard InChI is InChI=1S/C20H27N3O3/c1-13-5-7-16(8-6-13)22-12-15(10-18(22)24)20(25)23-11-14(2)26-19-17(23)4-3-9-21-19/h3-4,9,13-16H,5-8,10-12H2,1-2H3. The number of likely N-dealkylation sites (tertiary alicyclic amines) is 1. The number of pyridine rings is 1. The summed E-state index contributed by atoms with van der Waals surface area (Å²) in [6, 6.07) is 3.99. The van der Waals surface area contributed by atoms with Crippen molar-refractivity contribution >= 4 is 17.5 Å². The molecule has 0 spiro atoms. The Morgan fingerprint density at radius 3 is 2.73 bits per heavy atom. The smallest absolute Gasteiger partial charge is 0.238 e. The second kappa shape index (κ2) is 6.89. The summed E-state index contributed by atoms with van der Waals surface area (Å²) in [4.78, 5) is 33.8. The van der Waals surface area contributed by atoms with E-state index in [0.29, 0.717) is 37.1 Å². The van der Waals surface area contributed by atoms with Gasteiger partial charge in [0.1, 0.15) is 11.8 Å². The van der Waals surface area contributed by atoms with Gasteiger partial charge in [0.05, 0.1) is 12.5 Å². The Labute approximate surface area is 154 Å². The van der Waals surface area contributed by atoms with Crippen molar-refractivity contribution in [3.05, 3.63) is 18.3 Å². The van der Waals surface area contributed by atoms with Gasteiger partial charge in [0, 0.05) is 25.2 Å².